The van der Waals surface area contributed by atoms with Crippen LogP contribution in [0, 0.1) is 0 Å². The van der Waals surface area contributed by atoms with Crippen LogP contribution in [-0.2, 0) is 30.2 Å². The highest BCUT2D eigenvalue weighted by atomic mass is 19.4. The van der Waals surface area contributed by atoms with Gasteiger partial charge in [-0.3, -0.25) is 4.79 Å². The molecule has 0 saturated carbocycles. The van der Waals surface area contributed by atoms with E-state index in [-0.39, 0.29) is 6.42 Å². The topological polar surface area (TPSA) is 86.5 Å². The van der Waals surface area contributed by atoms with E-state index in [1.165, 1.54) is 17.9 Å². The standard InChI is InChI=1S/C25H28F3N3O4/c1-3-4-9-20-18(16-31(30-20)22-12-11-19(15-29-22)25(26,27)28)8-6-13-35-24-17(14-23(32)33)7-5-10-21(24)34-2/h5,7,10-12,15-16H,3-4,6,8-9,13-14H2,1-2H3,(H,32,33). The van der Waals surface area contributed by atoms with Crippen LogP contribution < -0.4 is 9.47 Å². The van der Waals surface area contributed by atoms with Crippen LogP contribution in [0.5, 0.6) is 11.5 Å². The third-order valence-electron chi connectivity index (χ3n) is 5.41. The molecular weight excluding hydrogens is 463 g/mol. The van der Waals surface area contributed by atoms with Gasteiger partial charge in [-0.25, -0.2) is 9.67 Å². The van der Waals surface area contributed by atoms with Crippen molar-refractivity contribution >= 4 is 5.97 Å². The summed E-state index contributed by atoms with van der Waals surface area (Å²) in [6.07, 6.45) is 1.88. The highest BCUT2D eigenvalue weighted by Crippen LogP contribution is 2.32. The van der Waals surface area contributed by atoms with E-state index in [0.717, 1.165) is 42.8 Å². The van der Waals surface area contributed by atoms with E-state index in [1.807, 2.05) is 0 Å². The van der Waals surface area contributed by atoms with Gasteiger partial charge in [-0.2, -0.15) is 18.3 Å². The molecule has 0 saturated heterocycles. The summed E-state index contributed by atoms with van der Waals surface area (Å²) in [5.41, 5.74) is 1.56. The Kier molecular flexibility index (Phi) is 8.73. The van der Waals surface area contributed by atoms with E-state index in [4.69, 9.17) is 14.6 Å². The molecule has 0 amide bonds. The number of carboxylic acid groups (broad SMARTS) is 1. The van der Waals surface area contributed by atoms with Gasteiger partial charge < -0.3 is 14.6 Å². The monoisotopic (exact) mass is 491 g/mol. The van der Waals surface area contributed by atoms with Crippen molar-refractivity contribution in [3.63, 3.8) is 0 Å². The molecule has 0 radical (unpaired) electrons. The highest BCUT2D eigenvalue weighted by Gasteiger charge is 2.30. The lowest BCUT2D eigenvalue weighted by molar-refractivity contribution is -0.138. The first-order valence-corrected chi connectivity index (χ1v) is 11.3. The Morgan fingerprint density at radius 2 is 1.91 bits per heavy atom. The smallest absolute Gasteiger partial charge is 0.417 e. The van der Waals surface area contributed by atoms with Crippen LogP contribution in [-0.4, -0.2) is 39.6 Å². The highest BCUT2D eigenvalue weighted by molar-refractivity contribution is 5.72. The second-order valence-corrected chi connectivity index (χ2v) is 8.02. The van der Waals surface area contributed by atoms with Crippen molar-refractivity contribution in [2.75, 3.05) is 13.7 Å². The van der Waals surface area contributed by atoms with Crippen LogP contribution in [0.3, 0.4) is 0 Å². The number of alkyl halides is 3. The quantitative estimate of drug-likeness (QED) is 0.347. The summed E-state index contributed by atoms with van der Waals surface area (Å²) in [6.45, 7) is 2.40. The molecule has 3 aromatic rings. The number of unbranched alkanes of at least 4 members (excludes halogenated alkanes) is 1. The van der Waals surface area contributed by atoms with Crippen molar-refractivity contribution in [1.29, 1.82) is 0 Å². The van der Waals surface area contributed by atoms with Crippen molar-refractivity contribution in [1.82, 2.24) is 14.8 Å². The maximum absolute atomic E-state index is 12.8. The Balaban J connectivity index is 1.71. The fraction of sp³-hybridized carbons (Fsp3) is 0.400. The predicted molar refractivity (Wildman–Crippen MR) is 123 cm³/mol. The Morgan fingerprint density at radius 1 is 1.11 bits per heavy atom. The first-order valence-electron chi connectivity index (χ1n) is 11.3. The number of pyridine rings is 1. The van der Waals surface area contributed by atoms with E-state index in [9.17, 15) is 18.0 Å². The maximum Gasteiger partial charge on any atom is 0.417 e. The van der Waals surface area contributed by atoms with Crippen LogP contribution in [0.4, 0.5) is 13.2 Å². The zero-order chi connectivity index (χ0) is 25.4. The fourth-order valence-electron chi connectivity index (χ4n) is 3.64. The number of nitrogens with zero attached hydrogens (tertiary/aromatic N) is 3. The Morgan fingerprint density at radius 3 is 2.54 bits per heavy atom. The first-order chi connectivity index (χ1) is 16.7. The van der Waals surface area contributed by atoms with Crippen molar-refractivity contribution < 1.29 is 32.5 Å². The van der Waals surface area contributed by atoms with Crippen LogP contribution in [0.25, 0.3) is 5.82 Å². The molecule has 3 rings (SSSR count). The number of benzene rings is 1. The van der Waals surface area contributed by atoms with Crippen LogP contribution in [0.15, 0.2) is 42.7 Å². The molecule has 188 valence electrons. The zero-order valence-electron chi connectivity index (χ0n) is 19.6. The van der Waals surface area contributed by atoms with Crippen molar-refractivity contribution in [3.8, 4) is 17.3 Å². The normalized spacial score (nSPS) is 11.5. The fourth-order valence-corrected chi connectivity index (χ4v) is 3.64. The second-order valence-electron chi connectivity index (χ2n) is 8.02. The molecule has 2 aromatic heterocycles. The molecule has 0 spiro atoms. The van der Waals surface area contributed by atoms with E-state index in [2.05, 4.69) is 17.0 Å². The summed E-state index contributed by atoms with van der Waals surface area (Å²) >= 11 is 0. The summed E-state index contributed by atoms with van der Waals surface area (Å²) < 4.78 is 51.3. The van der Waals surface area contributed by atoms with Gasteiger partial charge in [0.25, 0.3) is 0 Å². The molecule has 35 heavy (non-hydrogen) atoms. The Labute approximate surface area is 201 Å². The van der Waals surface area contributed by atoms with Crippen LogP contribution in [0.2, 0.25) is 0 Å². The van der Waals surface area contributed by atoms with E-state index < -0.39 is 17.7 Å². The molecule has 2 heterocycles. The maximum atomic E-state index is 12.8. The van der Waals surface area contributed by atoms with Gasteiger partial charge in [-0.15, -0.1) is 0 Å². The zero-order valence-corrected chi connectivity index (χ0v) is 19.6. The van der Waals surface area contributed by atoms with E-state index >= 15 is 0 Å². The summed E-state index contributed by atoms with van der Waals surface area (Å²) in [7, 11) is 1.50. The van der Waals surface area contributed by atoms with Gasteiger partial charge in [0.1, 0.15) is 0 Å². The number of rotatable bonds is 12. The number of para-hydroxylation sites is 1. The van der Waals surface area contributed by atoms with Crippen LogP contribution in [0.1, 0.15) is 48.6 Å². The van der Waals surface area contributed by atoms with Gasteiger partial charge in [0.05, 0.1) is 31.4 Å². The number of carbonyl (C=O) groups is 1. The molecular formula is C25H28F3N3O4. The minimum atomic E-state index is -4.45. The Bertz CT molecular complexity index is 1130. The lowest BCUT2D eigenvalue weighted by Crippen LogP contribution is -2.07. The predicted octanol–water partition coefficient (Wildman–Crippen LogP) is 5.28. The van der Waals surface area contributed by atoms with Gasteiger partial charge in [-0.1, -0.05) is 25.5 Å². The number of methoxy groups -OCH3 is 1. The number of hydrogen-bond acceptors (Lipinski definition) is 5. The molecule has 0 fully saturated rings. The molecule has 0 aliphatic rings. The number of hydrogen-bond donors (Lipinski definition) is 1. The van der Waals surface area contributed by atoms with Gasteiger partial charge in [0.15, 0.2) is 17.3 Å². The molecule has 0 unspecified atom stereocenters. The lowest BCUT2D eigenvalue weighted by atomic mass is 10.1. The minimum Gasteiger partial charge on any atom is -0.493 e. The van der Waals surface area contributed by atoms with Crippen molar-refractivity contribution in [2.24, 2.45) is 0 Å². The van der Waals surface area contributed by atoms with Gasteiger partial charge in [-0.05, 0) is 49.4 Å². The molecule has 0 bridgehead atoms. The molecule has 0 aliphatic carbocycles. The molecule has 1 N–H and O–H groups in total. The Hall–Kier alpha value is -3.56. The lowest BCUT2D eigenvalue weighted by Gasteiger charge is -2.14. The number of aliphatic carboxylic acids is 1. The molecule has 0 atom stereocenters. The van der Waals surface area contributed by atoms with Gasteiger partial charge >= 0.3 is 12.1 Å². The molecule has 10 heteroatoms. The minimum absolute atomic E-state index is 0.180. The summed E-state index contributed by atoms with van der Waals surface area (Å²) in [5.74, 6) is 0.223. The first kappa shape index (κ1) is 26.1. The molecule has 1 aromatic carbocycles. The average molecular weight is 492 g/mol. The summed E-state index contributed by atoms with van der Waals surface area (Å²) in [4.78, 5) is 15.1. The number of ether oxygens (including phenoxy) is 2. The third-order valence-corrected chi connectivity index (χ3v) is 5.41. The van der Waals surface area contributed by atoms with Gasteiger partial charge in [0.2, 0.25) is 0 Å². The largest absolute Gasteiger partial charge is 0.493 e. The van der Waals surface area contributed by atoms with Gasteiger partial charge in [0, 0.05) is 18.0 Å². The molecule has 0 aliphatic heterocycles. The van der Waals surface area contributed by atoms with E-state index in [1.54, 1.807) is 24.4 Å². The van der Waals surface area contributed by atoms with Crippen molar-refractivity contribution in [3.05, 3.63) is 65.1 Å². The summed E-state index contributed by atoms with van der Waals surface area (Å²) in [6, 6.07) is 7.41. The SMILES string of the molecule is CCCCc1nn(-c2ccc(C(F)(F)F)cn2)cc1CCCOc1c(CC(=O)O)cccc1OC. The molecule has 7 nitrogen and oxygen atoms in total. The second kappa shape index (κ2) is 11.7. The van der Waals surface area contributed by atoms with Crippen LogP contribution >= 0.6 is 0 Å². The summed E-state index contributed by atoms with van der Waals surface area (Å²) in [5, 5.41) is 13.7. The van der Waals surface area contributed by atoms with Crippen molar-refractivity contribution in [2.45, 2.75) is 51.6 Å². The number of aromatic nitrogens is 3. The third kappa shape index (κ3) is 6.97. The number of halogens is 3. The average Bonchev–Trinajstić information content (AvgIpc) is 3.23. The number of aryl methyl sites for hydroxylation is 2. The van der Waals surface area contributed by atoms with E-state index in [0.29, 0.717) is 42.3 Å². The number of carboxylic acids is 1.